The summed E-state index contributed by atoms with van der Waals surface area (Å²) in [5.74, 6) is 1.71. The summed E-state index contributed by atoms with van der Waals surface area (Å²) in [6, 6.07) is 3.71. The van der Waals surface area contributed by atoms with Crippen molar-refractivity contribution in [2.45, 2.75) is 25.8 Å². The summed E-state index contributed by atoms with van der Waals surface area (Å²) in [6.45, 7) is 2.72. The molecule has 0 aromatic carbocycles. The number of hydrogen-bond acceptors (Lipinski definition) is 3. The Morgan fingerprint density at radius 1 is 1.43 bits per heavy atom. The third-order valence-corrected chi connectivity index (χ3v) is 2.43. The maximum atomic E-state index is 6.04. The largest absolute Gasteiger partial charge is 0.501 e. The minimum atomic E-state index is -0.149. The Morgan fingerprint density at radius 3 is 2.86 bits per heavy atom. The molecule has 2 N–H and O–H groups in total. The van der Waals surface area contributed by atoms with Gasteiger partial charge in [-0.2, -0.15) is 0 Å². The van der Waals surface area contributed by atoms with Gasteiger partial charge in [-0.15, -0.1) is 0 Å². The SMILES string of the molecule is Cc1ccc(C(N)C2=COCCC2)o1. The van der Waals surface area contributed by atoms with E-state index in [-0.39, 0.29) is 6.04 Å². The minimum absolute atomic E-state index is 0.149. The van der Waals surface area contributed by atoms with E-state index in [9.17, 15) is 0 Å². The van der Waals surface area contributed by atoms with Crippen LogP contribution < -0.4 is 5.73 Å². The molecular weight excluding hydrogens is 178 g/mol. The summed E-state index contributed by atoms with van der Waals surface area (Å²) in [4.78, 5) is 0. The van der Waals surface area contributed by atoms with Crippen LogP contribution in [0.25, 0.3) is 0 Å². The second-order valence-corrected chi connectivity index (χ2v) is 3.59. The molecule has 0 saturated heterocycles. The zero-order valence-corrected chi connectivity index (χ0v) is 8.32. The van der Waals surface area contributed by atoms with Crippen LogP contribution in [0.4, 0.5) is 0 Å². The lowest BCUT2D eigenvalue weighted by molar-refractivity contribution is 0.220. The van der Waals surface area contributed by atoms with Gasteiger partial charge in [0.2, 0.25) is 0 Å². The van der Waals surface area contributed by atoms with E-state index < -0.39 is 0 Å². The lowest BCUT2D eigenvalue weighted by atomic mass is 10.0. The number of aryl methyl sites for hydroxylation is 1. The standard InChI is InChI=1S/C11H15NO2/c1-8-4-5-10(14-8)11(12)9-3-2-6-13-7-9/h4-5,7,11H,2-3,6,12H2,1H3. The van der Waals surface area contributed by atoms with Gasteiger partial charge in [0.05, 0.1) is 18.9 Å². The summed E-state index contributed by atoms with van der Waals surface area (Å²) in [6.07, 6.45) is 3.81. The second-order valence-electron chi connectivity index (χ2n) is 3.59. The summed E-state index contributed by atoms with van der Waals surface area (Å²) in [7, 11) is 0. The van der Waals surface area contributed by atoms with Crippen molar-refractivity contribution in [2.24, 2.45) is 5.73 Å². The zero-order valence-electron chi connectivity index (χ0n) is 8.32. The molecule has 1 aliphatic heterocycles. The fourth-order valence-electron chi connectivity index (χ4n) is 1.62. The highest BCUT2D eigenvalue weighted by Gasteiger charge is 2.17. The Morgan fingerprint density at radius 2 is 2.29 bits per heavy atom. The molecule has 3 nitrogen and oxygen atoms in total. The van der Waals surface area contributed by atoms with E-state index in [1.165, 1.54) is 0 Å². The average Bonchev–Trinajstić information content (AvgIpc) is 2.65. The molecule has 0 bridgehead atoms. The Kier molecular flexibility index (Phi) is 2.59. The molecule has 14 heavy (non-hydrogen) atoms. The van der Waals surface area contributed by atoms with E-state index in [2.05, 4.69) is 0 Å². The molecule has 1 unspecified atom stereocenters. The van der Waals surface area contributed by atoms with Crippen molar-refractivity contribution in [1.82, 2.24) is 0 Å². The Bertz CT molecular complexity index is 341. The third kappa shape index (κ3) is 1.82. The van der Waals surface area contributed by atoms with E-state index in [4.69, 9.17) is 14.9 Å². The second kappa shape index (κ2) is 3.88. The summed E-state index contributed by atoms with van der Waals surface area (Å²) < 4.78 is 10.7. The maximum absolute atomic E-state index is 6.04. The minimum Gasteiger partial charge on any atom is -0.501 e. The molecule has 2 heterocycles. The number of nitrogens with two attached hydrogens (primary N) is 1. The van der Waals surface area contributed by atoms with Gasteiger partial charge in [0.1, 0.15) is 11.5 Å². The first kappa shape index (κ1) is 9.34. The first-order valence-electron chi connectivity index (χ1n) is 4.90. The number of furan rings is 1. The van der Waals surface area contributed by atoms with Crippen molar-refractivity contribution in [3.05, 3.63) is 35.5 Å². The van der Waals surface area contributed by atoms with E-state index in [1.54, 1.807) is 6.26 Å². The lowest BCUT2D eigenvalue weighted by Gasteiger charge is -2.17. The van der Waals surface area contributed by atoms with Crippen molar-refractivity contribution in [2.75, 3.05) is 6.61 Å². The monoisotopic (exact) mass is 193 g/mol. The molecule has 0 saturated carbocycles. The normalized spacial score (nSPS) is 18.6. The molecule has 1 aromatic heterocycles. The summed E-state index contributed by atoms with van der Waals surface area (Å²) >= 11 is 0. The first-order valence-corrected chi connectivity index (χ1v) is 4.90. The first-order chi connectivity index (χ1) is 6.77. The maximum Gasteiger partial charge on any atom is 0.125 e. The molecule has 1 aromatic rings. The van der Waals surface area contributed by atoms with E-state index >= 15 is 0 Å². The van der Waals surface area contributed by atoms with Crippen molar-refractivity contribution < 1.29 is 9.15 Å². The van der Waals surface area contributed by atoms with Gasteiger partial charge in [0.15, 0.2) is 0 Å². The Labute approximate surface area is 83.5 Å². The van der Waals surface area contributed by atoms with Crippen LogP contribution in [0.5, 0.6) is 0 Å². The molecule has 0 spiro atoms. The van der Waals surface area contributed by atoms with Crippen molar-refractivity contribution in [3.8, 4) is 0 Å². The molecule has 1 aliphatic rings. The third-order valence-electron chi connectivity index (χ3n) is 2.43. The van der Waals surface area contributed by atoms with Crippen molar-refractivity contribution in [3.63, 3.8) is 0 Å². The molecular formula is C11H15NO2. The zero-order chi connectivity index (χ0) is 9.97. The van der Waals surface area contributed by atoms with Crippen molar-refractivity contribution >= 4 is 0 Å². The van der Waals surface area contributed by atoms with Gasteiger partial charge in [-0.3, -0.25) is 0 Å². The van der Waals surface area contributed by atoms with Gasteiger partial charge in [0.25, 0.3) is 0 Å². The average molecular weight is 193 g/mol. The fraction of sp³-hybridized carbons (Fsp3) is 0.455. The lowest BCUT2D eigenvalue weighted by Crippen LogP contribution is -2.15. The summed E-state index contributed by atoms with van der Waals surface area (Å²) in [5.41, 5.74) is 7.16. The van der Waals surface area contributed by atoms with Gasteiger partial charge >= 0.3 is 0 Å². The van der Waals surface area contributed by atoms with Crippen LogP contribution in [0.2, 0.25) is 0 Å². The highest BCUT2D eigenvalue weighted by molar-refractivity contribution is 5.20. The van der Waals surface area contributed by atoms with Crippen LogP contribution >= 0.6 is 0 Å². The van der Waals surface area contributed by atoms with Crippen LogP contribution in [0, 0.1) is 6.92 Å². The molecule has 0 radical (unpaired) electrons. The fourth-order valence-corrected chi connectivity index (χ4v) is 1.62. The van der Waals surface area contributed by atoms with E-state index in [0.29, 0.717) is 0 Å². The predicted octanol–water partition coefficient (Wildman–Crippen LogP) is 2.28. The molecule has 76 valence electrons. The van der Waals surface area contributed by atoms with Gasteiger partial charge in [-0.05, 0) is 37.5 Å². The molecule has 0 amide bonds. The molecule has 3 heteroatoms. The Balaban J connectivity index is 2.14. The highest BCUT2D eigenvalue weighted by Crippen LogP contribution is 2.26. The van der Waals surface area contributed by atoms with Crippen LogP contribution in [0.15, 0.2) is 28.4 Å². The molecule has 1 atom stereocenters. The van der Waals surface area contributed by atoms with Gasteiger partial charge in [-0.25, -0.2) is 0 Å². The number of ether oxygens (including phenoxy) is 1. The molecule has 0 aliphatic carbocycles. The van der Waals surface area contributed by atoms with Crippen molar-refractivity contribution in [1.29, 1.82) is 0 Å². The van der Waals surface area contributed by atoms with Crippen LogP contribution in [-0.2, 0) is 4.74 Å². The van der Waals surface area contributed by atoms with Crippen LogP contribution in [0.1, 0.15) is 30.4 Å². The van der Waals surface area contributed by atoms with Gasteiger partial charge in [0, 0.05) is 0 Å². The van der Waals surface area contributed by atoms with Crippen LogP contribution in [0.3, 0.4) is 0 Å². The predicted molar refractivity (Wildman–Crippen MR) is 53.6 cm³/mol. The van der Waals surface area contributed by atoms with Crippen LogP contribution in [-0.4, -0.2) is 6.61 Å². The quantitative estimate of drug-likeness (QED) is 0.783. The van der Waals surface area contributed by atoms with Gasteiger partial charge < -0.3 is 14.9 Å². The number of hydrogen-bond donors (Lipinski definition) is 1. The molecule has 0 fully saturated rings. The highest BCUT2D eigenvalue weighted by atomic mass is 16.5. The molecule has 2 rings (SSSR count). The topological polar surface area (TPSA) is 48.4 Å². The number of rotatable bonds is 2. The Hall–Kier alpha value is -1.22. The van der Waals surface area contributed by atoms with Gasteiger partial charge in [-0.1, -0.05) is 0 Å². The van der Waals surface area contributed by atoms with E-state index in [0.717, 1.165) is 36.5 Å². The van der Waals surface area contributed by atoms with E-state index in [1.807, 2.05) is 19.1 Å². The smallest absolute Gasteiger partial charge is 0.125 e. The summed E-state index contributed by atoms with van der Waals surface area (Å²) in [5, 5.41) is 0.